The molecular formula is C17H19ClN2O5S3. The second-order valence-electron chi connectivity index (χ2n) is 6.11. The summed E-state index contributed by atoms with van der Waals surface area (Å²) in [6.45, 7) is 2.48. The molecule has 3 heterocycles. The van der Waals surface area contributed by atoms with E-state index in [4.69, 9.17) is 16.3 Å². The van der Waals surface area contributed by atoms with Gasteiger partial charge in [0.05, 0.1) is 16.5 Å². The number of sulfonamides is 1. The Bertz CT molecular complexity index is 961. The molecule has 1 aliphatic rings. The Morgan fingerprint density at radius 3 is 2.61 bits per heavy atom. The number of carbonyl (C=O) groups is 2. The third-order valence-electron chi connectivity index (χ3n) is 4.36. The zero-order chi connectivity index (χ0) is 20.3. The lowest BCUT2D eigenvalue weighted by atomic mass is 9.97. The minimum Gasteiger partial charge on any atom is -0.462 e. The van der Waals surface area contributed by atoms with Crippen molar-refractivity contribution in [1.29, 1.82) is 0 Å². The highest BCUT2D eigenvalue weighted by molar-refractivity contribution is 7.91. The highest BCUT2D eigenvalue weighted by Crippen LogP contribution is 2.31. The molecule has 7 nitrogen and oxygen atoms in total. The minimum absolute atomic E-state index is 0.207. The van der Waals surface area contributed by atoms with E-state index in [-0.39, 0.29) is 35.7 Å². The molecule has 11 heteroatoms. The van der Waals surface area contributed by atoms with Gasteiger partial charge in [0.2, 0.25) is 5.91 Å². The van der Waals surface area contributed by atoms with Crippen molar-refractivity contribution >= 4 is 61.2 Å². The van der Waals surface area contributed by atoms with Crippen LogP contribution in [0.2, 0.25) is 4.34 Å². The van der Waals surface area contributed by atoms with E-state index in [2.05, 4.69) is 5.32 Å². The lowest BCUT2D eigenvalue weighted by Gasteiger charge is -2.30. The predicted molar refractivity (Wildman–Crippen MR) is 110 cm³/mol. The van der Waals surface area contributed by atoms with Crippen LogP contribution in [0.4, 0.5) is 5.00 Å². The fourth-order valence-corrected chi connectivity index (χ4v) is 6.80. The highest BCUT2D eigenvalue weighted by atomic mass is 35.5. The second-order valence-corrected chi connectivity index (χ2v) is 10.9. The molecule has 3 rings (SSSR count). The van der Waals surface area contributed by atoms with Crippen LogP contribution in [0.5, 0.6) is 0 Å². The molecule has 0 unspecified atom stereocenters. The van der Waals surface area contributed by atoms with E-state index in [1.807, 2.05) is 0 Å². The highest BCUT2D eigenvalue weighted by Gasteiger charge is 2.33. The number of ether oxygens (including phenoxy) is 1. The zero-order valence-electron chi connectivity index (χ0n) is 15.0. The standard InChI is InChI=1S/C17H19ClN2O5S3/c1-2-25-17(22)12-7-10-26-16(12)19-15(21)11-5-8-20(9-6-11)28(23,24)14-4-3-13(18)27-14/h3-4,7,10-11H,2,5-6,8-9H2,1H3,(H,19,21). The largest absolute Gasteiger partial charge is 0.462 e. The molecule has 2 aromatic heterocycles. The van der Waals surface area contributed by atoms with E-state index in [1.165, 1.54) is 21.7 Å². The number of hydrogen-bond donors (Lipinski definition) is 1. The molecule has 152 valence electrons. The van der Waals surface area contributed by atoms with Crippen LogP contribution in [0, 0.1) is 5.92 Å². The van der Waals surface area contributed by atoms with Gasteiger partial charge in [-0.3, -0.25) is 4.79 Å². The SMILES string of the molecule is CCOC(=O)c1ccsc1NC(=O)C1CCN(S(=O)(=O)c2ccc(Cl)s2)CC1. The molecule has 0 aliphatic carbocycles. The molecule has 0 radical (unpaired) electrons. The molecule has 1 aliphatic heterocycles. The molecule has 28 heavy (non-hydrogen) atoms. The smallest absolute Gasteiger partial charge is 0.341 e. The molecule has 1 saturated heterocycles. The summed E-state index contributed by atoms with van der Waals surface area (Å²) in [7, 11) is -3.59. The van der Waals surface area contributed by atoms with Crippen molar-refractivity contribution in [1.82, 2.24) is 4.31 Å². The Balaban J connectivity index is 1.60. The lowest BCUT2D eigenvalue weighted by molar-refractivity contribution is -0.120. The number of nitrogens with zero attached hydrogens (tertiary/aromatic N) is 1. The fourth-order valence-electron chi connectivity index (χ4n) is 2.91. The summed E-state index contributed by atoms with van der Waals surface area (Å²) in [6.07, 6.45) is 0.814. The first kappa shape index (κ1) is 21.3. The van der Waals surface area contributed by atoms with E-state index < -0.39 is 16.0 Å². The third kappa shape index (κ3) is 4.57. The summed E-state index contributed by atoms with van der Waals surface area (Å²) in [6, 6.07) is 4.66. The van der Waals surface area contributed by atoms with Gasteiger partial charge in [0.1, 0.15) is 9.21 Å². The quantitative estimate of drug-likeness (QED) is 0.661. The summed E-state index contributed by atoms with van der Waals surface area (Å²) in [5, 5.41) is 4.95. The number of hydrogen-bond acceptors (Lipinski definition) is 7. The van der Waals surface area contributed by atoms with Gasteiger partial charge in [0.15, 0.2) is 0 Å². The number of anilines is 1. The maximum atomic E-state index is 12.6. The van der Waals surface area contributed by atoms with E-state index in [9.17, 15) is 18.0 Å². The zero-order valence-corrected chi connectivity index (χ0v) is 18.2. The summed E-state index contributed by atoms with van der Waals surface area (Å²) >= 11 is 8.11. The predicted octanol–water partition coefficient (Wildman–Crippen LogP) is 3.68. The Labute approximate surface area is 176 Å². The molecule has 1 N–H and O–H groups in total. The topological polar surface area (TPSA) is 92.8 Å². The normalized spacial score (nSPS) is 16.1. The fraction of sp³-hybridized carbons (Fsp3) is 0.412. The van der Waals surface area contributed by atoms with Gasteiger partial charge in [0.25, 0.3) is 10.0 Å². The number of esters is 1. The Kier molecular flexibility index (Phi) is 6.77. The van der Waals surface area contributed by atoms with Crippen molar-refractivity contribution in [2.24, 2.45) is 5.92 Å². The van der Waals surface area contributed by atoms with Crippen LogP contribution in [0.3, 0.4) is 0 Å². The Morgan fingerprint density at radius 2 is 2.00 bits per heavy atom. The number of amides is 1. The van der Waals surface area contributed by atoms with Gasteiger partial charge in [-0.15, -0.1) is 22.7 Å². The molecule has 0 atom stereocenters. The summed E-state index contributed by atoms with van der Waals surface area (Å²) in [5.74, 6) is -1.02. The maximum Gasteiger partial charge on any atom is 0.341 e. The van der Waals surface area contributed by atoms with Gasteiger partial charge in [-0.2, -0.15) is 4.31 Å². The first-order valence-corrected chi connectivity index (χ1v) is 12.1. The van der Waals surface area contributed by atoms with Gasteiger partial charge in [0, 0.05) is 19.0 Å². The first-order valence-electron chi connectivity index (χ1n) is 8.64. The average molecular weight is 463 g/mol. The number of thiophene rings is 2. The van der Waals surface area contributed by atoms with Crippen LogP contribution in [-0.4, -0.2) is 44.3 Å². The van der Waals surface area contributed by atoms with Crippen molar-refractivity contribution in [2.45, 2.75) is 24.0 Å². The number of carbonyl (C=O) groups excluding carboxylic acids is 2. The van der Waals surface area contributed by atoms with Crippen molar-refractivity contribution in [3.05, 3.63) is 33.5 Å². The first-order chi connectivity index (χ1) is 13.3. The van der Waals surface area contributed by atoms with E-state index >= 15 is 0 Å². The molecule has 0 spiro atoms. The van der Waals surface area contributed by atoms with E-state index in [0.29, 0.717) is 27.7 Å². The van der Waals surface area contributed by atoms with Crippen molar-refractivity contribution in [3.8, 4) is 0 Å². The molecule has 1 amide bonds. The number of rotatable bonds is 6. The molecule has 2 aromatic rings. The summed E-state index contributed by atoms with van der Waals surface area (Å²) in [5.41, 5.74) is 0.329. The number of piperidine rings is 1. The van der Waals surface area contributed by atoms with Gasteiger partial charge in [-0.1, -0.05) is 11.6 Å². The minimum atomic E-state index is -3.59. The molecule has 0 aromatic carbocycles. The van der Waals surface area contributed by atoms with Crippen molar-refractivity contribution in [2.75, 3.05) is 25.0 Å². The lowest BCUT2D eigenvalue weighted by Crippen LogP contribution is -2.41. The Hall–Kier alpha value is -1.46. The van der Waals surface area contributed by atoms with Crippen LogP contribution in [0.1, 0.15) is 30.1 Å². The Morgan fingerprint density at radius 1 is 1.29 bits per heavy atom. The molecule has 1 fully saturated rings. The van der Waals surface area contributed by atoms with Crippen molar-refractivity contribution < 1.29 is 22.7 Å². The number of nitrogens with one attached hydrogen (secondary N) is 1. The monoisotopic (exact) mass is 462 g/mol. The van der Waals surface area contributed by atoms with Gasteiger partial charge in [-0.05, 0) is 43.3 Å². The molecular weight excluding hydrogens is 444 g/mol. The second kappa shape index (κ2) is 8.91. The maximum absolute atomic E-state index is 12.6. The van der Waals surface area contributed by atoms with E-state index in [0.717, 1.165) is 11.3 Å². The van der Waals surface area contributed by atoms with Crippen molar-refractivity contribution in [3.63, 3.8) is 0 Å². The van der Waals surface area contributed by atoms with Crippen LogP contribution in [-0.2, 0) is 19.6 Å². The molecule has 0 bridgehead atoms. The third-order valence-corrected chi connectivity index (χ3v) is 8.79. The van der Waals surface area contributed by atoms with E-state index in [1.54, 1.807) is 24.4 Å². The van der Waals surface area contributed by atoms with Gasteiger partial charge >= 0.3 is 5.97 Å². The van der Waals surface area contributed by atoms with Gasteiger partial charge in [-0.25, -0.2) is 13.2 Å². The van der Waals surface area contributed by atoms with Crippen LogP contribution in [0.25, 0.3) is 0 Å². The summed E-state index contributed by atoms with van der Waals surface area (Å²) in [4.78, 5) is 24.5. The van der Waals surface area contributed by atoms with Crippen LogP contribution >= 0.6 is 34.3 Å². The molecule has 0 saturated carbocycles. The van der Waals surface area contributed by atoms with Crippen LogP contribution in [0.15, 0.2) is 27.8 Å². The average Bonchev–Trinajstić information content (AvgIpc) is 3.31. The summed E-state index contributed by atoms with van der Waals surface area (Å²) < 4.78 is 32.3. The van der Waals surface area contributed by atoms with Crippen LogP contribution < -0.4 is 5.32 Å². The number of halogens is 1. The van der Waals surface area contributed by atoms with Gasteiger partial charge < -0.3 is 10.1 Å².